The summed E-state index contributed by atoms with van der Waals surface area (Å²) in [6.45, 7) is 2.70. The molecule has 0 bridgehead atoms. The maximum Gasteiger partial charge on any atom is 0.111 e. The molecular formula is C8H15NO2. The highest BCUT2D eigenvalue weighted by Gasteiger charge is 2.20. The van der Waals surface area contributed by atoms with Crippen molar-refractivity contribution in [2.45, 2.75) is 25.5 Å². The highest BCUT2D eigenvalue weighted by molar-refractivity contribution is 5.07. The highest BCUT2D eigenvalue weighted by atomic mass is 16.5. The van der Waals surface area contributed by atoms with E-state index in [4.69, 9.17) is 15.2 Å². The predicted molar refractivity (Wildman–Crippen MR) is 43.1 cm³/mol. The van der Waals surface area contributed by atoms with Gasteiger partial charge >= 0.3 is 0 Å². The Morgan fingerprint density at radius 3 is 2.91 bits per heavy atom. The van der Waals surface area contributed by atoms with Crippen LogP contribution in [0.5, 0.6) is 0 Å². The van der Waals surface area contributed by atoms with Crippen LogP contribution in [-0.4, -0.2) is 25.9 Å². The first-order valence-electron chi connectivity index (χ1n) is 3.87. The number of ether oxygens (including phenoxy) is 2. The maximum atomic E-state index is 5.81. The van der Waals surface area contributed by atoms with Gasteiger partial charge in [-0.25, -0.2) is 0 Å². The quantitative estimate of drug-likeness (QED) is 0.654. The molecule has 1 aliphatic rings. The third-order valence-corrected chi connectivity index (χ3v) is 1.94. The minimum Gasteiger partial charge on any atom is -0.496 e. The van der Waals surface area contributed by atoms with E-state index in [0.29, 0.717) is 0 Å². The first kappa shape index (κ1) is 8.56. The van der Waals surface area contributed by atoms with E-state index < -0.39 is 0 Å². The first-order valence-corrected chi connectivity index (χ1v) is 3.87. The lowest BCUT2D eigenvalue weighted by Crippen LogP contribution is -2.35. The molecule has 0 spiro atoms. The smallest absolute Gasteiger partial charge is 0.111 e. The number of methoxy groups -OCH3 is 1. The molecule has 0 aromatic heterocycles. The fraction of sp³-hybridized carbons (Fsp3) is 0.750. The zero-order valence-electron chi connectivity index (χ0n) is 7.04. The van der Waals surface area contributed by atoms with Crippen molar-refractivity contribution in [3.8, 4) is 0 Å². The Bertz CT molecular complexity index is 156. The molecule has 1 rings (SSSR count). The van der Waals surface area contributed by atoms with E-state index in [0.717, 1.165) is 18.8 Å². The Morgan fingerprint density at radius 1 is 1.73 bits per heavy atom. The standard InChI is InChI=1S/C8H15NO2/c1-6(10-2)8(9)7-4-3-5-11-7/h4,6,8H,3,5,9H2,1-2H3. The second kappa shape index (κ2) is 3.74. The molecular weight excluding hydrogens is 142 g/mol. The Balaban J connectivity index is 2.45. The van der Waals surface area contributed by atoms with Gasteiger partial charge in [-0.1, -0.05) is 0 Å². The van der Waals surface area contributed by atoms with Crippen molar-refractivity contribution in [3.63, 3.8) is 0 Å². The van der Waals surface area contributed by atoms with Crippen LogP contribution in [0.3, 0.4) is 0 Å². The van der Waals surface area contributed by atoms with E-state index in [1.54, 1.807) is 7.11 Å². The van der Waals surface area contributed by atoms with Gasteiger partial charge in [0.05, 0.1) is 18.8 Å². The van der Waals surface area contributed by atoms with Crippen LogP contribution in [-0.2, 0) is 9.47 Å². The second-order valence-corrected chi connectivity index (χ2v) is 2.71. The average Bonchev–Trinajstić information content (AvgIpc) is 2.53. The molecule has 0 saturated carbocycles. The second-order valence-electron chi connectivity index (χ2n) is 2.71. The van der Waals surface area contributed by atoms with Crippen molar-refractivity contribution in [2.24, 2.45) is 5.73 Å². The van der Waals surface area contributed by atoms with Crippen LogP contribution in [0.15, 0.2) is 11.8 Å². The number of rotatable bonds is 3. The molecule has 0 radical (unpaired) electrons. The van der Waals surface area contributed by atoms with Gasteiger partial charge in [-0.05, 0) is 13.0 Å². The van der Waals surface area contributed by atoms with Crippen molar-refractivity contribution < 1.29 is 9.47 Å². The van der Waals surface area contributed by atoms with Crippen LogP contribution in [0, 0.1) is 0 Å². The Morgan fingerprint density at radius 2 is 2.45 bits per heavy atom. The van der Waals surface area contributed by atoms with Crippen LogP contribution in [0.25, 0.3) is 0 Å². The largest absolute Gasteiger partial charge is 0.496 e. The van der Waals surface area contributed by atoms with E-state index in [-0.39, 0.29) is 12.1 Å². The van der Waals surface area contributed by atoms with Crippen molar-refractivity contribution in [3.05, 3.63) is 11.8 Å². The van der Waals surface area contributed by atoms with E-state index >= 15 is 0 Å². The summed E-state index contributed by atoms with van der Waals surface area (Å²) in [5.41, 5.74) is 5.81. The zero-order chi connectivity index (χ0) is 8.27. The van der Waals surface area contributed by atoms with Gasteiger partial charge in [-0.3, -0.25) is 0 Å². The fourth-order valence-electron chi connectivity index (χ4n) is 1.05. The molecule has 0 fully saturated rings. The number of nitrogens with two attached hydrogens (primary N) is 1. The lowest BCUT2D eigenvalue weighted by atomic mass is 10.1. The molecule has 1 aliphatic heterocycles. The molecule has 2 atom stereocenters. The molecule has 0 amide bonds. The predicted octanol–water partition coefficient (Wildman–Crippen LogP) is 0.653. The molecule has 2 unspecified atom stereocenters. The highest BCUT2D eigenvalue weighted by Crippen LogP contribution is 2.15. The summed E-state index contributed by atoms with van der Waals surface area (Å²) in [7, 11) is 1.65. The van der Waals surface area contributed by atoms with E-state index in [2.05, 4.69) is 0 Å². The Kier molecular flexibility index (Phi) is 2.91. The summed E-state index contributed by atoms with van der Waals surface area (Å²) in [4.78, 5) is 0. The summed E-state index contributed by atoms with van der Waals surface area (Å²) in [6, 6.07) is -0.109. The lowest BCUT2D eigenvalue weighted by molar-refractivity contribution is 0.0839. The fourth-order valence-corrected chi connectivity index (χ4v) is 1.05. The third kappa shape index (κ3) is 1.94. The van der Waals surface area contributed by atoms with Gasteiger partial charge in [-0.2, -0.15) is 0 Å². The summed E-state index contributed by atoms with van der Waals surface area (Å²) in [6.07, 6.45) is 3.03. The van der Waals surface area contributed by atoms with Crippen LogP contribution < -0.4 is 5.73 Å². The van der Waals surface area contributed by atoms with Gasteiger partial charge in [0.15, 0.2) is 0 Å². The van der Waals surface area contributed by atoms with Gasteiger partial charge in [-0.15, -0.1) is 0 Å². The molecule has 2 N–H and O–H groups in total. The molecule has 1 heterocycles. The third-order valence-electron chi connectivity index (χ3n) is 1.94. The molecule has 11 heavy (non-hydrogen) atoms. The molecule has 0 aromatic rings. The first-order chi connectivity index (χ1) is 5.25. The molecule has 0 saturated heterocycles. The normalized spacial score (nSPS) is 22.3. The van der Waals surface area contributed by atoms with Crippen molar-refractivity contribution in [1.82, 2.24) is 0 Å². The van der Waals surface area contributed by atoms with E-state index in [1.165, 1.54) is 0 Å². The number of hydrogen-bond acceptors (Lipinski definition) is 3. The lowest BCUT2D eigenvalue weighted by Gasteiger charge is -2.18. The van der Waals surface area contributed by atoms with Crippen LogP contribution >= 0.6 is 0 Å². The van der Waals surface area contributed by atoms with Crippen molar-refractivity contribution in [1.29, 1.82) is 0 Å². The van der Waals surface area contributed by atoms with Gasteiger partial charge < -0.3 is 15.2 Å². The minimum atomic E-state index is -0.109. The Hall–Kier alpha value is -0.540. The molecule has 64 valence electrons. The SMILES string of the molecule is COC(C)C(N)C1=CCCO1. The molecule has 0 aliphatic carbocycles. The van der Waals surface area contributed by atoms with Crippen LogP contribution in [0.4, 0.5) is 0 Å². The average molecular weight is 157 g/mol. The monoisotopic (exact) mass is 157 g/mol. The number of hydrogen-bond donors (Lipinski definition) is 1. The van der Waals surface area contributed by atoms with Crippen LogP contribution in [0.2, 0.25) is 0 Å². The van der Waals surface area contributed by atoms with E-state index in [9.17, 15) is 0 Å². The Labute approximate surface area is 67.2 Å². The summed E-state index contributed by atoms with van der Waals surface area (Å²) in [5.74, 6) is 0.874. The van der Waals surface area contributed by atoms with Gasteiger partial charge in [0, 0.05) is 13.5 Å². The van der Waals surface area contributed by atoms with Crippen molar-refractivity contribution >= 4 is 0 Å². The zero-order valence-corrected chi connectivity index (χ0v) is 7.04. The minimum absolute atomic E-state index is 0.0272. The van der Waals surface area contributed by atoms with Gasteiger partial charge in [0.25, 0.3) is 0 Å². The van der Waals surface area contributed by atoms with Gasteiger partial charge in [0.1, 0.15) is 5.76 Å². The molecule has 0 aromatic carbocycles. The van der Waals surface area contributed by atoms with Crippen LogP contribution in [0.1, 0.15) is 13.3 Å². The van der Waals surface area contributed by atoms with Crippen molar-refractivity contribution in [2.75, 3.05) is 13.7 Å². The summed E-state index contributed by atoms with van der Waals surface area (Å²) < 4.78 is 10.4. The summed E-state index contributed by atoms with van der Waals surface area (Å²) >= 11 is 0. The topological polar surface area (TPSA) is 44.5 Å². The van der Waals surface area contributed by atoms with Gasteiger partial charge in [0.2, 0.25) is 0 Å². The van der Waals surface area contributed by atoms with E-state index in [1.807, 2.05) is 13.0 Å². The summed E-state index contributed by atoms with van der Waals surface area (Å²) in [5, 5.41) is 0. The molecule has 3 heteroatoms. The molecule has 3 nitrogen and oxygen atoms in total. The maximum absolute atomic E-state index is 5.81.